The number of fused-ring (bicyclic) bond motifs is 3. The first-order valence-corrected chi connectivity index (χ1v) is 14.1. The van der Waals surface area contributed by atoms with Gasteiger partial charge in [0.05, 0.1) is 15.7 Å². The van der Waals surface area contributed by atoms with Gasteiger partial charge in [0.15, 0.2) is 10.8 Å². The molecule has 0 bridgehead atoms. The van der Waals surface area contributed by atoms with E-state index in [0.29, 0.717) is 23.9 Å². The van der Waals surface area contributed by atoms with Gasteiger partial charge in [-0.3, -0.25) is 9.20 Å². The zero-order chi connectivity index (χ0) is 24.4. The van der Waals surface area contributed by atoms with Crippen LogP contribution in [0.2, 0.25) is 0 Å². The van der Waals surface area contributed by atoms with E-state index in [4.69, 9.17) is 0 Å². The molecule has 5 rings (SSSR count). The number of anilines is 1. The molecule has 1 N–H and O–H groups in total. The number of thioether (sulfide) groups is 1. The number of nitrogens with zero attached hydrogens (tertiary/aromatic N) is 4. The molecule has 0 spiro atoms. The van der Waals surface area contributed by atoms with Crippen molar-refractivity contribution in [1.29, 1.82) is 0 Å². The summed E-state index contributed by atoms with van der Waals surface area (Å²) in [5.74, 6) is -0.199. The number of carbonyl (C=O) groups excluding carboxylic acids is 1. The minimum Gasteiger partial charge on any atom is -0.325 e. The first-order valence-electron chi connectivity index (χ1n) is 11.7. The molecule has 3 heterocycles. The van der Waals surface area contributed by atoms with Crippen LogP contribution in [0, 0.1) is 0 Å². The summed E-state index contributed by atoms with van der Waals surface area (Å²) in [6.07, 6.45) is 3.90. The molecule has 2 aromatic carbocycles. The lowest BCUT2D eigenvalue weighted by atomic mass is 10.2. The highest BCUT2D eigenvalue weighted by Gasteiger charge is 2.25. The summed E-state index contributed by atoms with van der Waals surface area (Å²) in [4.78, 5) is 13.1. The van der Waals surface area contributed by atoms with Crippen LogP contribution >= 0.6 is 11.8 Å². The van der Waals surface area contributed by atoms with Gasteiger partial charge in [0.2, 0.25) is 15.9 Å². The van der Waals surface area contributed by atoms with E-state index in [1.165, 1.54) is 11.8 Å². The minimum atomic E-state index is -3.52. The third-order valence-electron chi connectivity index (χ3n) is 6.22. The van der Waals surface area contributed by atoms with Gasteiger partial charge in [-0.05, 0) is 67.6 Å². The van der Waals surface area contributed by atoms with E-state index < -0.39 is 15.3 Å². The maximum Gasteiger partial charge on any atom is 0.243 e. The molecule has 0 aliphatic carbocycles. The molecular weight excluding hydrogens is 482 g/mol. The van der Waals surface area contributed by atoms with E-state index in [9.17, 15) is 13.2 Å². The van der Waals surface area contributed by atoms with Crippen molar-refractivity contribution in [1.82, 2.24) is 18.9 Å². The van der Waals surface area contributed by atoms with Crippen LogP contribution in [0.1, 0.15) is 32.6 Å². The molecule has 35 heavy (non-hydrogen) atoms. The number of hydrogen-bond donors (Lipinski definition) is 1. The fourth-order valence-corrected chi connectivity index (χ4v) is 6.67. The van der Waals surface area contributed by atoms with Crippen LogP contribution < -0.4 is 5.32 Å². The van der Waals surface area contributed by atoms with Gasteiger partial charge in [-0.15, -0.1) is 10.2 Å². The van der Waals surface area contributed by atoms with Gasteiger partial charge < -0.3 is 5.32 Å². The fourth-order valence-electron chi connectivity index (χ4n) is 4.29. The van der Waals surface area contributed by atoms with Gasteiger partial charge in [0, 0.05) is 18.8 Å². The Balaban J connectivity index is 1.28. The Morgan fingerprint density at radius 3 is 2.40 bits per heavy atom. The molecule has 8 nitrogen and oxygen atoms in total. The van der Waals surface area contributed by atoms with E-state index in [1.54, 1.807) is 28.6 Å². The second kappa shape index (κ2) is 9.96. The Kier molecular flexibility index (Phi) is 6.77. The topological polar surface area (TPSA) is 96.7 Å². The zero-order valence-corrected chi connectivity index (χ0v) is 21.1. The highest BCUT2D eigenvalue weighted by molar-refractivity contribution is 8.00. The quantitative estimate of drug-likeness (QED) is 0.383. The van der Waals surface area contributed by atoms with E-state index in [1.807, 2.05) is 47.7 Å². The van der Waals surface area contributed by atoms with Crippen molar-refractivity contribution in [2.75, 3.05) is 18.4 Å². The monoisotopic (exact) mass is 509 g/mol. The van der Waals surface area contributed by atoms with Crippen LogP contribution in [-0.4, -0.2) is 51.6 Å². The lowest BCUT2D eigenvalue weighted by molar-refractivity contribution is -0.115. The number of aromatic nitrogens is 3. The number of nitrogens with one attached hydrogen (secondary N) is 1. The van der Waals surface area contributed by atoms with E-state index in [-0.39, 0.29) is 10.8 Å². The Morgan fingerprint density at radius 2 is 1.66 bits per heavy atom. The second-order valence-corrected chi connectivity index (χ2v) is 11.9. The van der Waals surface area contributed by atoms with Crippen molar-refractivity contribution < 1.29 is 13.2 Å². The Bertz CT molecular complexity index is 1460. The van der Waals surface area contributed by atoms with Crippen LogP contribution in [0.4, 0.5) is 5.69 Å². The molecule has 1 amide bonds. The highest BCUT2D eigenvalue weighted by atomic mass is 32.2. The lowest BCUT2D eigenvalue weighted by Gasteiger charge is -2.20. The van der Waals surface area contributed by atoms with Gasteiger partial charge >= 0.3 is 0 Å². The van der Waals surface area contributed by atoms with Crippen LogP contribution in [0.25, 0.3) is 16.6 Å². The number of rotatable bonds is 6. The predicted octanol–water partition coefficient (Wildman–Crippen LogP) is 4.57. The maximum atomic E-state index is 13.0. The number of benzene rings is 2. The van der Waals surface area contributed by atoms with Crippen molar-refractivity contribution in [2.24, 2.45) is 0 Å². The van der Waals surface area contributed by atoms with Crippen molar-refractivity contribution in [3.05, 3.63) is 60.7 Å². The van der Waals surface area contributed by atoms with Crippen LogP contribution in [0.15, 0.2) is 70.7 Å². The molecule has 0 saturated carbocycles. The molecule has 10 heteroatoms. The van der Waals surface area contributed by atoms with Crippen molar-refractivity contribution in [3.8, 4) is 0 Å². The molecule has 182 valence electrons. The van der Waals surface area contributed by atoms with Gasteiger partial charge in [-0.25, -0.2) is 8.42 Å². The summed E-state index contributed by atoms with van der Waals surface area (Å²) < 4.78 is 29.5. The third-order valence-corrected chi connectivity index (χ3v) is 9.18. The normalized spacial score (nSPS) is 16.3. The van der Waals surface area contributed by atoms with E-state index >= 15 is 0 Å². The smallest absolute Gasteiger partial charge is 0.243 e. The molecule has 1 aliphatic heterocycles. The third kappa shape index (κ3) is 4.91. The number of para-hydroxylation sites is 1. The number of carbonyl (C=O) groups is 1. The average Bonchev–Trinajstić information content (AvgIpc) is 3.07. The van der Waals surface area contributed by atoms with E-state index in [2.05, 4.69) is 15.5 Å². The lowest BCUT2D eigenvalue weighted by Crippen LogP contribution is -2.31. The minimum absolute atomic E-state index is 0.199. The molecule has 1 fully saturated rings. The summed E-state index contributed by atoms with van der Waals surface area (Å²) in [7, 11) is -3.52. The molecule has 1 atom stereocenters. The fraction of sp³-hybridized carbons (Fsp3) is 0.320. The summed E-state index contributed by atoms with van der Waals surface area (Å²) in [5.41, 5.74) is 2.25. The van der Waals surface area contributed by atoms with Crippen molar-refractivity contribution in [3.63, 3.8) is 0 Å². The molecular formula is C25H27N5O3S2. The predicted molar refractivity (Wildman–Crippen MR) is 138 cm³/mol. The first-order chi connectivity index (χ1) is 16.9. The van der Waals surface area contributed by atoms with Gasteiger partial charge in [-0.2, -0.15) is 4.31 Å². The second-order valence-electron chi connectivity index (χ2n) is 8.66. The average molecular weight is 510 g/mol. The van der Waals surface area contributed by atoms with Gasteiger partial charge in [0.25, 0.3) is 0 Å². The number of pyridine rings is 1. The van der Waals surface area contributed by atoms with Crippen LogP contribution in [-0.2, 0) is 14.8 Å². The first kappa shape index (κ1) is 23.8. The standard InChI is InChI=1S/C25H27N5O3S2/c1-18(34-25-28-27-23-15-10-19-8-4-5-9-22(19)30(23)25)24(31)26-20-11-13-21(14-12-20)35(32,33)29-16-6-2-3-7-17-29/h4-5,8-15,18H,2-3,6-7,16-17H2,1H3,(H,26,31). The SMILES string of the molecule is CC(Sc1nnc2ccc3ccccc3n12)C(=O)Nc1ccc(S(=O)(=O)N2CCCCCC2)cc1. The van der Waals surface area contributed by atoms with Crippen molar-refractivity contribution >= 4 is 49.9 Å². The molecule has 2 aromatic heterocycles. The van der Waals surface area contributed by atoms with Crippen LogP contribution in [0.5, 0.6) is 0 Å². The largest absolute Gasteiger partial charge is 0.325 e. The molecule has 0 radical (unpaired) electrons. The maximum absolute atomic E-state index is 13.0. The Morgan fingerprint density at radius 1 is 0.943 bits per heavy atom. The summed E-state index contributed by atoms with van der Waals surface area (Å²) in [5, 5.41) is 12.7. The van der Waals surface area contributed by atoms with Crippen molar-refractivity contribution in [2.45, 2.75) is 47.9 Å². The van der Waals surface area contributed by atoms with Gasteiger partial charge in [-0.1, -0.05) is 42.8 Å². The van der Waals surface area contributed by atoms with Crippen LogP contribution in [0.3, 0.4) is 0 Å². The summed E-state index contributed by atoms with van der Waals surface area (Å²) in [6.45, 7) is 2.93. The number of hydrogen-bond acceptors (Lipinski definition) is 6. The summed E-state index contributed by atoms with van der Waals surface area (Å²) >= 11 is 1.32. The highest BCUT2D eigenvalue weighted by Crippen LogP contribution is 2.27. The molecule has 1 unspecified atom stereocenters. The molecule has 1 saturated heterocycles. The van der Waals surface area contributed by atoms with Gasteiger partial charge in [0.1, 0.15) is 0 Å². The van der Waals surface area contributed by atoms with E-state index in [0.717, 1.165) is 42.2 Å². The Labute approximate surface area is 208 Å². The Hall–Kier alpha value is -2.95. The molecule has 4 aromatic rings. The molecule has 1 aliphatic rings. The number of amides is 1. The number of sulfonamides is 1. The summed E-state index contributed by atoms with van der Waals surface area (Å²) in [6, 6.07) is 18.3. The zero-order valence-electron chi connectivity index (χ0n) is 19.4.